The fourth-order valence-corrected chi connectivity index (χ4v) is 5.18. The summed E-state index contributed by atoms with van der Waals surface area (Å²) in [5.74, 6) is 1.25. The molecular weight excluding hydrogens is 498 g/mol. The van der Waals surface area contributed by atoms with Crippen molar-refractivity contribution in [3.05, 3.63) is 84.6 Å². The normalized spacial score (nSPS) is 11.9. The summed E-state index contributed by atoms with van der Waals surface area (Å²) in [5, 5.41) is 13.0. The van der Waals surface area contributed by atoms with E-state index >= 15 is 0 Å². The van der Waals surface area contributed by atoms with E-state index in [0.29, 0.717) is 28.8 Å². The van der Waals surface area contributed by atoms with Crippen molar-refractivity contribution in [2.75, 3.05) is 11.9 Å². The number of benzene rings is 3. The van der Waals surface area contributed by atoms with Crippen LogP contribution >= 0.6 is 11.8 Å². The second-order valence-corrected chi connectivity index (χ2v) is 10.0. The third-order valence-electron chi connectivity index (χ3n) is 6.01. The number of carbonyl (C=O) groups excluding carboxylic acids is 2. The molecule has 5 aromatic rings. The summed E-state index contributed by atoms with van der Waals surface area (Å²) >= 11 is 1.35. The number of Topliss-reactive ketones (excluding diaryl/α,β-unsaturated/α-hetero) is 1. The van der Waals surface area contributed by atoms with Gasteiger partial charge in [0.05, 0.1) is 11.9 Å². The van der Waals surface area contributed by atoms with Crippen LogP contribution < -0.4 is 10.1 Å². The lowest BCUT2D eigenvalue weighted by Gasteiger charge is -2.14. The molecule has 0 bridgehead atoms. The molecule has 0 aliphatic carbocycles. The highest BCUT2D eigenvalue weighted by Gasteiger charge is 2.24. The molecule has 0 fully saturated rings. The molecule has 2 N–H and O–H groups in total. The molecule has 0 saturated carbocycles. The predicted octanol–water partition coefficient (Wildman–Crippen LogP) is 6.14. The fraction of sp³-hybridized carbons (Fsp3) is 0.172. The molecule has 2 heterocycles. The van der Waals surface area contributed by atoms with Gasteiger partial charge in [-0.3, -0.25) is 14.2 Å². The summed E-state index contributed by atoms with van der Waals surface area (Å²) in [5.41, 5.74) is 3.99. The Bertz CT molecular complexity index is 1590. The van der Waals surface area contributed by atoms with Gasteiger partial charge in [-0.15, -0.1) is 10.2 Å². The summed E-state index contributed by atoms with van der Waals surface area (Å²) in [7, 11) is 0. The number of H-pyrrole nitrogens is 1. The zero-order valence-electron chi connectivity index (χ0n) is 21.3. The van der Waals surface area contributed by atoms with E-state index < -0.39 is 5.25 Å². The Balaban J connectivity index is 1.49. The van der Waals surface area contributed by atoms with E-state index in [4.69, 9.17) is 4.74 Å². The average molecular weight is 526 g/mol. The Labute approximate surface area is 224 Å². The Kier molecular flexibility index (Phi) is 7.28. The van der Waals surface area contributed by atoms with Gasteiger partial charge in [0, 0.05) is 46.5 Å². The first-order valence-corrected chi connectivity index (χ1v) is 13.2. The summed E-state index contributed by atoms with van der Waals surface area (Å²) in [6, 6.07) is 22.7. The lowest BCUT2D eigenvalue weighted by atomic mass is 10.1. The topological polar surface area (TPSA) is 102 Å². The van der Waals surface area contributed by atoms with Crippen molar-refractivity contribution >= 4 is 40.0 Å². The number of nitrogens with zero attached hydrogens (tertiary/aromatic N) is 3. The number of aromatic amines is 1. The second-order valence-electron chi connectivity index (χ2n) is 8.70. The van der Waals surface area contributed by atoms with Gasteiger partial charge in [0.15, 0.2) is 16.8 Å². The Morgan fingerprint density at radius 3 is 2.47 bits per heavy atom. The average Bonchev–Trinajstić information content (AvgIpc) is 3.53. The van der Waals surface area contributed by atoms with Crippen molar-refractivity contribution < 1.29 is 14.3 Å². The smallest absolute Gasteiger partial charge is 0.221 e. The number of carbonyl (C=O) groups is 2. The quantitative estimate of drug-likeness (QED) is 0.177. The van der Waals surface area contributed by atoms with Gasteiger partial charge in [-0.05, 0) is 68.4 Å². The lowest BCUT2D eigenvalue weighted by Crippen LogP contribution is -2.15. The fourth-order valence-electron chi connectivity index (χ4n) is 4.24. The first-order valence-electron chi connectivity index (χ1n) is 12.3. The molecule has 38 heavy (non-hydrogen) atoms. The molecule has 2 aromatic heterocycles. The van der Waals surface area contributed by atoms with Crippen LogP contribution in [0.1, 0.15) is 31.1 Å². The van der Waals surface area contributed by atoms with E-state index in [9.17, 15) is 9.59 Å². The monoisotopic (exact) mass is 525 g/mol. The molecule has 0 aliphatic rings. The molecule has 0 radical (unpaired) electrons. The van der Waals surface area contributed by atoms with Crippen molar-refractivity contribution in [3.8, 4) is 22.8 Å². The van der Waals surface area contributed by atoms with Crippen LogP contribution in [0.3, 0.4) is 0 Å². The molecule has 1 amide bonds. The molecule has 8 nitrogen and oxygen atoms in total. The van der Waals surface area contributed by atoms with Crippen molar-refractivity contribution in [1.82, 2.24) is 19.7 Å². The zero-order valence-corrected chi connectivity index (χ0v) is 22.1. The lowest BCUT2D eigenvalue weighted by molar-refractivity contribution is -0.114. The Morgan fingerprint density at radius 2 is 1.76 bits per heavy atom. The number of aromatic nitrogens is 4. The number of fused-ring (bicyclic) bond motifs is 1. The highest BCUT2D eigenvalue weighted by Crippen LogP contribution is 2.34. The minimum atomic E-state index is -0.428. The maximum atomic E-state index is 13.3. The summed E-state index contributed by atoms with van der Waals surface area (Å²) in [6.07, 6.45) is 1.93. The molecule has 192 valence electrons. The number of nitrogens with one attached hydrogen (secondary N) is 2. The van der Waals surface area contributed by atoms with Gasteiger partial charge < -0.3 is 15.0 Å². The number of ketones is 1. The van der Waals surface area contributed by atoms with Crippen LogP contribution in [0.25, 0.3) is 28.0 Å². The van der Waals surface area contributed by atoms with Crippen LogP contribution in [0.5, 0.6) is 5.75 Å². The van der Waals surface area contributed by atoms with Gasteiger partial charge in [0.25, 0.3) is 0 Å². The van der Waals surface area contributed by atoms with Crippen molar-refractivity contribution in [1.29, 1.82) is 0 Å². The predicted molar refractivity (Wildman–Crippen MR) is 150 cm³/mol. The summed E-state index contributed by atoms with van der Waals surface area (Å²) < 4.78 is 7.60. The molecule has 5 rings (SSSR count). The highest BCUT2D eigenvalue weighted by atomic mass is 32.2. The Morgan fingerprint density at radius 1 is 1.03 bits per heavy atom. The number of thioether (sulfide) groups is 1. The summed E-state index contributed by atoms with van der Waals surface area (Å²) in [6.45, 7) is 5.84. The van der Waals surface area contributed by atoms with E-state index in [1.807, 2.05) is 73.1 Å². The third-order valence-corrected chi connectivity index (χ3v) is 7.05. The van der Waals surface area contributed by atoms with E-state index in [0.717, 1.165) is 27.9 Å². The van der Waals surface area contributed by atoms with Crippen LogP contribution in [0, 0.1) is 0 Å². The van der Waals surface area contributed by atoms with Crippen LogP contribution in [-0.4, -0.2) is 43.3 Å². The van der Waals surface area contributed by atoms with E-state index in [1.54, 1.807) is 24.3 Å². The standard InChI is InChI=1S/C29H27N5O3S/c1-4-37-23-15-13-22(14-16-23)34-28(25-17-30-26-8-6-5-7-24(25)26)32-33-29(34)38-18(2)27(36)20-9-11-21(12-10-20)31-19(3)35/h5-18,30H,4H2,1-3H3,(H,31,35)/t18-/m0/s1. The molecule has 0 spiro atoms. The van der Waals surface area contributed by atoms with Crippen LogP contribution in [0.2, 0.25) is 0 Å². The van der Waals surface area contributed by atoms with Crippen LogP contribution in [0.4, 0.5) is 5.69 Å². The third kappa shape index (κ3) is 5.19. The number of hydrogen-bond donors (Lipinski definition) is 2. The molecular formula is C29H27N5O3S. The van der Waals surface area contributed by atoms with Crippen molar-refractivity contribution in [3.63, 3.8) is 0 Å². The van der Waals surface area contributed by atoms with Gasteiger partial charge in [-0.1, -0.05) is 30.0 Å². The maximum absolute atomic E-state index is 13.3. The number of anilines is 1. The maximum Gasteiger partial charge on any atom is 0.221 e. The second kappa shape index (κ2) is 10.9. The molecule has 1 atom stereocenters. The first kappa shape index (κ1) is 25.3. The molecule has 9 heteroatoms. The molecule has 0 saturated heterocycles. The minimum absolute atomic E-state index is 0.0423. The minimum Gasteiger partial charge on any atom is -0.494 e. The van der Waals surface area contributed by atoms with E-state index in [-0.39, 0.29) is 11.7 Å². The van der Waals surface area contributed by atoms with E-state index in [1.165, 1.54) is 18.7 Å². The largest absolute Gasteiger partial charge is 0.494 e. The van der Waals surface area contributed by atoms with E-state index in [2.05, 4.69) is 20.5 Å². The van der Waals surface area contributed by atoms with Gasteiger partial charge in [0.1, 0.15) is 5.75 Å². The van der Waals surface area contributed by atoms with Crippen LogP contribution in [-0.2, 0) is 4.79 Å². The number of rotatable bonds is 9. The zero-order chi connectivity index (χ0) is 26.6. The van der Waals surface area contributed by atoms with Crippen molar-refractivity contribution in [2.45, 2.75) is 31.2 Å². The Hall–Kier alpha value is -4.37. The summed E-state index contributed by atoms with van der Waals surface area (Å²) in [4.78, 5) is 27.9. The van der Waals surface area contributed by atoms with Crippen LogP contribution in [0.15, 0.2) is 84.1 Å². The van der Waals surface area contributed by atoms with Crippen molar-refractivity contribution in [2.24, 2.45) is 0 Å². The van der Waals surface area contributed by atoms with Gasteiger partial charge in [-0.2, -0.15) is 0 Å². The highest BCUT2D eigenvalue weighted by molar-refractivity contribution is 8.00. The number of ether oxygens (including phenoxy) is 1. The van der Waals surface area contributed by atoms with Gasteiger partial charge >= 0.3 is 0 Å². The first-order chi connectivity index (χ1) is 18.4. The molecule has 3 aromatic carbocycles. The number of hydrogen-bond acceptors (Lipinski definition) is 6. The SMILES string of the molecule is CCOc1ccc(-n2c(S[C@@H](C)C(=O)c3ccc(NC(C)=O)cc3)nnc2-c2c[nH]c3ccccc23)cc1. The van der Waals surface area contributed by atoms with Gasteiger partial charge in [-0.25, -0.2) is 0 Å². The van der Waals surface area contributed by atoms with Gasteiger partial charge in [0.2, 0.25) is 5.91 Å². The number of amides is 1. The molecule has 0 unspecified atom stereocenters. The number of para-hydroxylation sites is 1. The molecule has 0 aliphatic heterocycles.